The van der Waals surface area contributed by atoms with Crippen LogP contribution in [-0.4, -0.2) is 23.8 Å². The van der Waals surface area contributed by atoms with E-state index in [-0.39, 0.29) is 17.7 Å². The van der Waals surface area contributed by atoms with Crippen molar-refractivity contribution in [2.75, 3.05) is 7.05 Å². The lowest BCUT2D eigenvalue weighted by atomic mass is 9.90. The smallest absolute Gasteiger partial charge is 0.232 e. The molecule has 1 fully saturated rings. The predicted molar refractivity (Wildman–Crippen MR) is 60.6 cm³/mol. The maximum absolute atomic E-state index is 11.8. The number of hydrogen-bond donors (Lipinski definition) is 0. The summed E-state index contributed by atoms with van der Waals surface area (Å²) in [5.74, 6) is -0.139. The highest BCUT2D eigenvalue weighted by Gasteiger charge is 2.31. The van der Waals surface area contributed by atoms with E-state index in [0.29, 0.717) is 12.8 Å². The van der Waals surface area contributed by atoms with Gasteiger partial charge in [0.1, 0.15) is 0 Å². The highest BCUT2D eigenvalue weighted by Crippen LogP contribution is 2.21. The molecule has 2 amide bonds. The van der Waals surface area contributed by atoms with Crippen molar-refractivity contribution in [1.82, 2.24) is 4.90 Å². The van der Waals surface area contributed by atoms with Crippen molar-refractivity contribution in [3.63, 3.8) is 0 Å². The molecule has 0 bridgehead atoms. The monoisotopic (exact) mass is 217 g/mol. The molecular formula is C13H15NO2. The number of hydrogen-bond acceptors (Lipinski definition) is 2. The molecule has 1 aliphatic heterocycles. The quantitative estimate of drug-likeness (QED) is 0.706. The number of benzene rings is 1. The first-order valence-electron chi connectivity index (χ1n) is 5.53. The maximum Gasteiger partial charge on any atom is 0.232 e. The molecule has 1 saturated heterocycles. The normalized spacial score (nSPS) is 21.3. The van der Waals surface area contributed by atoms with E-state index in [0.717, 1.165) is 12.0 Å². The minimum Gasteiger partial charge on any atom is -0.286 e. The fourth-order valence-corrected chi connectivity index (χ4v) is 2.07. The van der Waals surface area contributed by atoms with Crippen molar-refractivity contribution in [3.05, 3.63) is 35.9 Å². The second kappa shape index (κ2) is 4.47. The molecule has 0 N–H and O–H groups in total. The van der Waals surface area contributed by atoms with Crippen LogP contribution in [0.25, 0.3) is 0 Å². The van der Waals surface area contributed by atoms with Gasteiger partial charge in [0.15, 0.2) is 0 Å². The van der Waals surface area contributed by atoms with Crippen LogP contribution in [0.1, 0.15) is 18.4 Å². The maximum atomic E-state index is 11.8. The van der Waals surface area contributed by atoms with E-state index in [9.17, 15) is 9.59 Å². The van der Waals surface area contributed by atoms with E-state index in [2.05, 4.69) is 0 Å². The Morgan fingerprint density at radius 2 is 1.94 bits per heavy atom. The molecule has 0 aliphatic carbocycles. The Labute approximate surface area is 95.1 Å². The molecule has 3 heteroatoms. The van der Waals surface area contributed by atoms with Crippen LogP contribution >= 0.6 is 0 Å². The summed E-state index contributed by atoms with van der Waals surface area (Å²) >= 11 is 0. The van der Waals surface area contributed by atoms with Gasteiger partial charge in [-0.25, -0.2) is 0 Å². The van der Waals surface area contributed by atoms with E-state index < -0.39 is 0 Å². The van der Waals surface area contributed by atoms with Gasteiger partial charge in [0.05, 0.1) is 0 Å². The molecule has 0 radical (unpaired) electrons. The fourth-order valence-electron chi connectivity index (χ4n) is 2.07. The molecule has 1 aromatic rings. The van der Waals surface area contributed by atoms with Crippen molar-refractivity contribution in [2.24, 2.45) is 5.92 Å². The van der Waals surface area contributed by atoms with Crippen LogP contribution in [0.2, 0.25) is 0 Å². The first-order valence-corrected chi connectivity index (χ1v) is 5.53. The van der Waals surface area contributed by atoms with Gasteiger partial charge in [-0.15, -0.1) is 0 Å². The number of carbonyl (C=O) groups excluding carboxylic acids is 2. The van der Waals surface area contributed by atoms with Crippen LogP contribution in [0.3, 0.4) is 0 Å². The number of amides is 2. The van der Waals surface area contributed by atoms with Gasteiger partial charge in [-0.1, -0.05) is 30.3 Å². The Bertz CT molecular complexity index is 400. The first kappa shape index (κ1) is 10.9. The van der Waals surface area contributed by atoms with Crippen LogP contribution in [-0.2, 0) is 16.0 Å². The van der Waals surface area contributed by atoms with E-state index in [1.54, 1.807) is 7.05 Å². The molecule has 2 rings (SSSR count). The lowest BCUT2D eigenvalue weighted by molar-refractivity contribution is -0.149. The molecule has 16 heavy (non-hydrogen) atoms. The molecule has 0 aromatic heterocycles. The summed E-state index contributed by atoms with van der Waals surface area (Å²) in [6, 6.07) is 9.93. The van der Waals surface area contributed by atoms with Gasteiger partial charge < -0.3 is 0 Å². The molecule has 0 unspecified atom stereocenters. The van der Waals surface area contributed by atoms with Gasteiger partial charge in [-0.3, -0.25) is 14.5 Å². The third kappa shape index (κ3) is 2.13. The molecular weight excluding hydrogens is 202 g/mol. The first-order chi connectivity index (χ1) is 7.68. The third-order valence-corrected chi connectivity index (χ3v) is 3.09. The second-order valence-electron chi connectivity index (χ2n) is 4.22. The summed E-state index contributed by atoms with van der Waals surface area (Å²) in [4.78, 5) is 24.4. The molecule has 1 aromatic carbocycles. The van der Waals surface area contributed by atoms with Gasteiger partial charge >= 0.3 is 0 Å². The minimum atomic E-state index is -0.0608. The number of piperidine rings is 1. The topological polar surface area (TPSA) is 37.4 Å². The summed E-state index contributed by atoms with van der Waals surface area (Å²) in [5.41, 5.74) is 1.16. The Balaban J connectivity index is 2.06. The lowest BCUT2D eigenvalue weighted by Gasteiger charge is -2.27. The van der Waals surface area contributed by atoms with Gasteiger partial charge in [0.25, 0.3) is 0 Å². The number of carbonyl (C=O) groups is 2. The third-order valence-electron chi connectivity index (χ3n) is 3.09. The van der Waals surface area contributed by atoms with Crippen molar-refractivity contribution >= 4 is 11.8 Å². The lowest BCUT2D eigenvalue weighted by Crippen LogP contribution is -2.43. The summed E-state index contributed by atoms with van der Waals surface area (Å²) in [5, 5.41) is 0. The van der Waals surface area contributed by atoms with E-state index in [4.69, 9.17) is 0 Å². The number of nitrogens with zero attached hydrogens (tertiary/aromatic N) is 1. The molecule has 84 valence electrons. The molecule has 0 spiro atoms. The van der Waals surface area contributed by atoms with Crippen LogP contribution in [0.15, 0.2) is 30.3 Å². The molecule has 1 aliphatic rings. The zero-order valence-electron chi connectivity index (χ0n) is 9.35. The van der Waals surface area contributed by atoms with E-state index >= 15 is 0 Å². The predicted octanol–water partition coefficient (Wildman–Crippen LogP) is 1.62. The summed E-state index contributed by atoms with van der Waals surface area (Å²) in [6.07, 6.45) is 1.90. The van der Waals surface area contributed by atoms with Crippen molar-refractivity contribution in [2.45, 2.75) is 19.3 Å². The molecule has 3 nitrogen and oxygen atoms in total. The minimum absolute atomic E-state index is 0.0369. The van der Waals surface area contributed by atoms with Gasteiger partial charge in [-0.2, -0.15) is 0 Å². The van der Waals surface area contributed by atoms with E-state index in [1.165, 1.54) is 4.90 Å². The zero-order valence-corrected chi connectivity index (χ0v) is 9.35. The Hall–Kier alpha value is -1.64. The summed E-state index contributed by atoms with van der Waals surface area (Å²) in [7, 11) is 1.57. The molecule has 0 saturated carbocycles. The number of imide groups is 1. The average molecular weight is 217 g/mol. The molecule has 1 atom stereocenters. The van der Waals surface area contributed by atoms with Gasteiger partial charge in [-0.05, 0) is 18.4 Å². The SMILES string of the molecule is CN1C(=O)CC[C@@H](Cc2ccccc2)C1=O. The standard InChI is InChI=1S/C13H15NO2/c1-14-12(15)8-7-11(13(14)16)9-10-5-3-2-4-6-10/h2-6,11H,7-9H2,1H3/t11-/m0/s1. The van der Waals surface area contributed by atoms with Crippen LogP contribution in [0, 0.1) is 5.92 Å². The largest absolute Gasteiger partial charge is 0.286 e. The van der Waals surface area contributed by atoms with Crippen LogP contribution in [0.4, 0.5) is 0 Å². The Kier molecular flexibility index (Phi) is 3.04. The highest BCUT2D eigenvalue weighted by molar-refractivity contribution is 5.98. The van der Waals surface area contributed by atoms with Crippen LogP contribution in [0.5, 0.6) is 0 Å². The second-order valence-corrected chi connectivity index (χ2v) is 4.22. The Morgan fingerprint density at radius 3 is 2.62 bits per heavy atom. The number of likely N-dealkylation sites (tertiary alicyclic amines) is 1. The summed E-state index contributed by atoms with van der Waals surface area (Å²) < 4.78 is 0. The van der Waals surface area contributed by atoms with Crippen LogP contribution < -0.4 is 0 Å². The van der Waals surface area contributed by atoms with Gasteiger partial charge in [0, 0.05) is 19.4 Å². The zero-order chi connectivity index (χ0) is 11.5. The van der Waals surface area contributed by atoms with Crippen molar-refractivity contribution < 1.29 is 9.59 Å². The summed E-state index contributed by atoms with van der Waals surface area (Å²) in [6.45, 7) is 0. The van der Waals surface area contributed by atoms with Gasteiger partial charge in [0.2, 0.25) is 11.8 Å². The van der Waals surface area contributed by atoms with Crippen molar-refractivity contribution in [3.8, 4) is 0 Å². The van der Waals surface area contributed by atoms with Crippen molar-refractivity contribution in [1.29, 1.82) is 0 Å². The highest BCUT2D eigenvalue weighted by atomic mass is 16.2. The Morgan fingerprint density at radius 1 is 1.25 bits per heavy atom. The molecule has 1 heterocycles. The average Bonchev–Trinajstić information content (AvgIpc) is 2.31. The van der Waals surface area contributed by atoms with E-state index in [1.807, 2.05) is 30.3 Å². The number of rotatable bonds is 2. The fraction of sp³-hybridized carbons (Fsp3) is 0.385.